The zero-order valence-corrected chi connectivity index (χ0v) is 14.3. The molecule has 2 aromatic heterocycles. The average molecular weight is 349 g/mol. The van der Waals surface area contributed by atoms with Gasteiger partial charge in [-0.15, -0.1) is 0 Å². The minimum Gasteiger partial charge on any atom is -0.445 e. The Hall–Kier alpha value is -2.67. The van der Waals surface area contributed by atoms with Crippen LogP contribution in [0, 0.1) is 0 Å². The Bertz CT molecular complexity index is 1010. The number of benzene rings is 1. The maximum absolute atomic E-state index is 13.3. The fourth-order valence-electron chi connectivity index (χ4n) is 5.04. The summed E-state index contributed by atoms with van der Waals surface area (Å²) in [5, 5.41) is 8.18. The van der Waals surface area contributed by atoms with Crippen LogP contribution in [0.15, 0.2) is 35.1 Å². The molecule has 4 heterocycles. The van der Waals surface area contributed by atoms with Crippen LogP contribution in [-0.2, 0) is 0 Å². The second-order valence-corrected chi connectivity index (χ2v) is 7.56. The third-order valence-electron chi connectivity index (χ3n) is 6.61. The first-order chi connectivity index (χ1) is 12.8. The summed E-state index contributed by atoms with van der Waals surface area (Å²) in [6.07, 6.45) is 6.71. The molecular weight excluding hydrogens is 330 g/mol. The summed E-state index contributed by atoms with van der Waals surface area (Å²) in [4.78, 5) is 22.1. The first kappa shape index (κ1) is 14.5. The van der Waals surface area contributed by atoms with Crippen LogP contribution < -0.4 is 0 Å². The molecule has 2 atom stereocenters. The molecule has 1 saturated carbocycles. The highest BCUT2D eigenvalue weighted by Gasteiger charge is 2.61. The third kappa shape index (κ3) is 1.73. The van der Waals surface area contributed by atoms with Crippen LogP contribution in [0.3, 0.4) is 0 Å². The second kappa shape index (κ2) is 4.94. The lowest BCUT2D eigenvalue weighted by Gasteiger charge is -2.68. The molecule has 1 amide bonds. The summed E-state index contributed by atoms with van der Waals surface area (Å²) in [5.74, 6) is 0.587. The fraction of sp³-hybridized carbons (Fsp3) is 0.421. The van der Waals surface area contributed by atoms with Gasteiger partial charge in [-0.1, -0.05) is 0 Å². The molecule has 3 aliphatic rings. The van der Waals surface area contributed by atoms with Crippen LogP contribution in [0.2, 0.25) is 0 Å². The number of rotatable bonds is 2. The van der Waals surface area contributed by atoms with Crippen molar-refractivity contribution in [3.63, 3.8) is 0 Å². The minimum absolute atomic E-state index is 0.0384. The van der Waals surface area contributed by atoms with Crippen molar-refractivity contribution in [2.24, 2.45) is 0 Å². The predicted octanol–water partition coefficient (Wildman–Crippen LogP) is 2.28. The van der Waals surface area contributed by atoms with Crippen molar-refractivity contribution in [2.45, 2.75) is 30.8 Å². The van der Waals surface area contributed by atoms with Gasteiger partial charge in [0, 0.05) is 36.1 Å². The van der Waals surface area contributed by atoms with Crippen molar-refractivity contribution >= 4 is 16.8 Å². The minimum atomic E-state index is 0.0384. The number of aromatic nitrogens is 3. The van der Waals surface area contributed by atoms with Gasteiger partial charge in [-0.05, 0) is 37.5 Å². The van der Waals surface area contributed by atoms with E-state index < -0.39 is 0 Å². The number of H-pyrrole nitrogens is 1. The number of nitrogens with zero attached hydrogens (tertiary/aromatic N) is 4. The van der Waals surface area contributed by atoms with Crippen molar-refractivity contribution in [1.29, 1.82) is 0 Å². The van der Waals surface area contributed by atoms with Gasteiger partial charge in [0.05, 0.1) is 17.8 Å². The van der Waals surface area contributed by atoms with Crippen molar-refractivity contribution in [1.82, 2.24) is 25.0 Å². The number of piperazine rings is 1. The number of carbonyl (C=O) groups is 1. The van der Waals surface area contributed by atoms with Crippen LogP contribution in [0.5, 0.6) is 0 Å². The molecule has 1 aliphatic carbocycles. The van der Waals surface area contributed by atoms with E-state index >= 15 is 0 Å². The molecule has 6 rings (SSSR count). The van der Waals surface area contributed by atoms with E-state index in [2.05, 4.69) is 25.0 Å². The van der Waals surface area contributed by atoms with Gasteiger partial charge >= 0.3 is 0 Å². The number of hydrogen-bond donors (Lipinski definition) is 1. The van der Waals surface area contributed by atoms with Gasteiger partial charge in [0.15, 0.2) is 5.69 Å². The number of aromatic amines is 1. The van der Waals surface area contributed by atoms with E-state index in [9.17, 15) is 4.79 Å². The summed E-state index contributed by atoms with van der Waals surface area (Å²) < 4.78 is 5.39. The molecule has 2 saturated heterocycles. The SMILES string of the molecule is O=C(c1n[nH]c2ccc(-c3ncco3)cc12)N1CCN2CCC23CCC13. The molecule has 7 heteroatoms. The summed E-state index contributed by atoms with van der Waals surface area (Å²) in [5.41, 5.74) is 2.47. The molecular formula is C19H19N5O2. The highest BCUT2D eigenvalue weighted by molar-refractivity contribution is 6.05. The number of hydrogen-bond acceptors (Lipinski definition) is 5. The van der Waals surface area contributed by atoms with E-state index in [-0.39, 0.29) is 11.4 Å². The molecule has 26 heavy (non-hydrogen) atoms. The van der Waals surface area contributed by atoms with Crippen molar-refractivity contribution in [3.05, 3.63) is 36.4 Å². The molecule has 3 aromatic rings. The second-order valence-electron chi connectivity index (χ2n) is 7.56. The zero-order chi connectivity index (χ0) is 17.3. The summed E-state index contributed by atoms with van der Waals surface area (Å²) in [7, 11) is 0. The molecule has 2 aliphatic heterocycles. The Kier molecular flexibility index (Phi) is 2.76. The molecule has 1 N–H and O–H groups in total. The first-order valence-electron chi connectivity index (χ1n) is 9.20. The summed E-state index contributed by atoms with van der Waals surface area (Å²) >= 11 is 0. The normalized spacial score (nSPS) is 27.5. The molecule has 3 fully saturated rings. The largest absolute Gasteiger partial charge is 0.445 e. The highest BCUT2D eigenvalue weighted by atomic mass is 16.3. The van der Waals surface area contributed by atoms with Crippen LogP contribution in [0.25, 0.3) is 22.4 Å². The van der Waals surface area contributed by atoms with Crippen LogP contribution in [0.1, 0.15) is 29.8 Å². The van der Waals surface area contributed by atoms with Gasteiger partial charge in [-0.2, -0.15) is 5.10 Å². The molecule has 7 nitrogen and oxygen atoms in total. The Labute approximate surface area is 150 Å². The number of fused-ring (bicyclic) bond motifs is 1. The Morgan fingerprint density at radius 2 is 2.23 bits per heavy atom. The lowest BCUT2D eigenvalue weighted by Crippen LogP contribution is -2.79. The van der Waals surface area contributed by atoms with Crippen molar-refractivity contribution < 1.29 is 9.21 Å². The lowest BCUT2D eigenvalue weighted by molar-refractivity contribution is -0.161. The first-order valence-corrected chi connectivity index (χ1v) is 9.20. The monoisotopic (exact) mass is 349 g/mol. The van der Waals surface area contributed by atoms with Crippen LogP contribution >= 0.6 is 0 Å². The van der Waals surface area contributed by atoms with Gasteiger partial charge in [0.2, 0.25) is 5.89 Å². The van der Waals surface area contributed by atoms with Gasteiger partial charge < -0.3 is 9.32 Å². The van der Waals surface area contributed by atoms with Gasteiger partial charge in [-0.25, -0.2) is 4.98 Å². The van der Waals surface area contributed by atoms with Crippen molar-refractivity contribution in [2.75, 3.05) is 19.6 Å². The molecule has 1 spiro atoms. The predicted molar refractivity (Wildman–Crippen MR) is 94.6 cm³/mol. The Morgan fingerprint density at radius 3 is 2.96 bits per heavy atom. The fourth-order valence-corrected chi connectivity index (χ4v) is 5.04. The Balaban J connectivity index is 1.38. The number of amides is 1. The lowest BCUT2D eigenvalue weighted by atomic mass is 9.61. The van der Waals surface area contributed by atoms with E-state index in [1.165, 1.54) is 19.4 Å². The zero-order valence-electron chi connectivity index (χ0n) is 14.3. The number of nitrogens with one attached hydrogen (secondary N) is 1. The highest BCUT2D eigenvalue weighted by Crippen LogP contribution is 2.51. The topological polar surface area (TPSA) is 78.3 Å². The van der Waals surface area contributed by atoms with E-state index in [4.69, 9.17) is 4.42 Å². The maximum atomic E-state index is 13.3. The smallest absolute Gasteiger partial charge is 0.275 e. The average Bonchev–Trinajstić information content (AvgIpc) is 3.26. The number of oxazole rings is 1. The molecule has 0 bridgehead atoms. The number of carbonyl (C=O) groups excluding carboxylic acids is 1. The maximum Gasteiger partial charge on any atom is 0.275 e. The van der Waals surface area contributed by atoms with E-state index in [1.807, 2.05) is 18.2 Å². The quantitative estimate of drug-likeness (QED) is 0.768. The molecule has 0 radical (unpaired) electrons. The standard InChI is InChI=1S/C19H19N5O2/c25-18(24-9-8-23-7-5-19(23)4-3-15(19)24)16-13-11-12(17-20-6-10-26-17)1-2-14(13)21-22-16/h1-2,6,10-11,15H,3-5,7-9H2,(H,21,22). The van der Waals surface area contributed by atoms with Gasteiger partial charge in [0.1, 0.15) is 6.26 Å². The summed E-state index contributed by atoms with van der Waals surface area (Å²) in [6, 6.07) is 6.13. The van der Waals surface area contributed by atoms with E-state index in [0.29, 0.717) is 17.6 Å². The van der Waals surface area contributed by atoms with Crippen LogP contribution in [-0.4, -0.2) is 62.1 Å². The van der Waals surface area contributed by atoms with E-state index in [1.54, 1.807) is 12.5 Å². The third-order valence-corrected chi connectivity index (χ3v) is 6.61. The van der Waals surface area contributed by atoms with E-state index in [0.717, 1.165) is 36.0 Å². The van der Waals surface area contributed by atoms with Gasteiger partial charge in [-0.3, -0.25) is 14.8 Å². The Morgan fingerprint density at radius 1 is 1.27 bits per heavy atom. The summed E-state index contributed by atoms with van der Waals surface area (Å²) in [6.45, 7) is 2.95. The molecule has 1 aromatic carbocycles. The van der Waals surface area contributed by atoms with Crippen LogP contribution in [0.4, 0.5) is 0 Å². The molecule has 2 unspecified atom stereocenters. The van der Waals surface area contributed by atoms with Gasteiger partial charge in [0.25, 0.3) is 5.91 Å². The van der Waals surface area contributed by atoms with Crippen molar-refractivity contribution in [3.8, 4) is 11.5 Å². The molecule has 132 valence electrons.